The normalized spacial score (nSPS) is 18.2. The summed E-state index contributed by atoms with van der Waals surface area (Å²) < 4.78 is 0. The second kappa shape index (κ2) is 8.02. The van der Waals surface area contributed by atoms with Crippen LogP contribution in [0.4, 0.5) is 10.6 Å². The first kappa shape index (κ1) is 17.9. The molecule has 1 atom stereocenters. The molecule has 2 heterocycles. The Morgan fingerprint density at radius 3 is 2.44 bits per heavy atom. The molecule has 2 aliphatic rings. The van der Waals surface area contributed by atoms with Crippen molar-refractivity contribution in [1.82, 2.24) is 20.2 Å². The molecule has 3 N–H and O–H groups in total. The molecule has 142 valence electrons. The van der Waals surface area contributed by atoms with Gasteiger partial charge in [0.05, 0.1) is 0 Å². The monoisotopic (exact) mass is 367 g/mol. The number of rotatable bonds is 4. The smallest absolute Gasteiger partial charge is 0.323 e. The van der Waals surface area contributed by atoms with Gasteiger partial charge in [-0.15, -0.1) is 0 Å². The van der Waals surface area contributed by atoms with Crippen molar-refractivity contribution in [3.8, 4) is 0 Å². The fourth-order valence-corrected chi connectivity index (χ4v) is 3.90. The summed E-state index contributed by atoms with van der Waals surface area (Å²) in [6.45, 7) is 1.51. The molecule has 7 nitrogen and oxygen atoms in total. The lowest BCUT2D eigenvalue weighted by Crippen LogP contribution is -2.39. The zero-order valence-corrected chi connectivity index (χ0v) is 15.3. The largest absolute Gasteiger partial charge is 0.372 e. The number of anilines is 1. The molecular weight excluding hydrogens is 342 g/mol. The predicted octanol–water partition coefficient (Wildman–Crippen LogP) is 2.24. The number of piperidine rings is 1. The van der Waals surface area contributed by atoms with Crippen LogP contribution in [0.25, 0.3) is 0 Å². The van der Waals surface area contributed by atoms with Crippen LogP contribution in [0, 0.1) is 0 Å². The Bertz CT molecular complexity index is 781. The first-order valence-corrected chi connectivity index (χ1v) is 9.58. The first-order valence-electron chi connectivity index (χ1n) is 9.58. The van der Waals surface area contributed by atoms with Crippen molar-refractivity contribution in [2.45, 2.75) is 44.4 Å². The molecular formula is C20H25N5O2. The van der Waals surface area contributed by atoms with Gasteiger partial charge in [0.1, 0.15) is 5.69 Å². The third-order valence-electron chi connectivity index (χ3n) is 5.30. The number of carbonyl (C=O) groups is 1. The van der Waals surface area contributed by atoms with Gasteiger partial charge in [-0.25, -0.2) is 9.78 Å². The third kappa shape index (κ3) is 4.09. The van der Waals surface area contributed by atoms with E-state index in [1.54, 1.807) is 4.90 Å². The minimum atomic E-state index is -0.991. The van der Waals surface area contributed by atoms with Gasteiger partial charge in [-0.3, -0.25) is 15.6 Å². The molecule has 0 radical (unpaired) electrons. The number of likely N-dealkylation sites (tertiary alicyclic amines) is 1. The van der Waals surface area contributed by atoms with Crippen molar-refractivity contribution in [3.05, 3.63) is 53.5 Å². The molecule has 1 fully saturated rings. The quantitative estimate of drug-likeness (QED) is 0.721. The molecule has 1 aromatic carbocycles. The number of urea groups is 1. The minimum absolute atomic E-state index is 0.130. The fourth-order valence-electron chi connectivity index (χ4n) is 3.90. The van der Waals surface area contributed by atoms with E-state index in [0.717, 1.165) is 45.2 Å². The van der Waals surface area contributed by atoms with Crippen LogP contribution in [-0.4, -0.2) is 45.1 Å². The fraction of sp³-hybridized carbons (Fsp3) is 0.450. The number of aliphatic hydroxyl groups excluding tert-OH is 1. The van der Waals surface area contributed by atoms with E-state index in [1.807, 2.05) is 12.1 Å². The van der Waals surface area contributed by atoms with Crippen LogP contribution >= 0.6 is 0 Å². The number of fused-ring (bicyclic) bond motifs is 1. The highest BCUT2D eigenvalue weighted by molar-refractivity contribution is 5.88. The number of hydrogen-bond acceptors (Lipinski definition) is 5. The van der Waals surface area contributed by atoms with Gasteiger partial charge in [0.25, 0.3) is 0 Å². The van der Waals surface area contributed by atoms with Crippen LogP contribution in [0.3, 0.4) is 0 Å². The standard InChI is InChI=1S/C20H25N5O2/c26-19(23-16-12-14-6-2-3-7-15(14)13-16)17-18(22-9-8-21-17)24-20(27)25-10-4-1-5-11-25/h2-3,6-9,16,19,23,26H,1,4-5,10-13H2,(H,22,24,27). The zero-order valence-electron chi connectivity index (χ0n) is 15.3. The number of carbonyl (C=O) groups excluding carboxylic acids is 1. The highest BCUT2D eigenvalue weighted by Gasteiger charge is 2.26. The lowest BCUT2D eigenvalue weighted by atomic mass is 10.1. The summed E-state index contributed by atoms with van der Waals surface area (Å²) >= 11 is 0. The molecule has 1 aliphatic carbocycles. The van der Waals surface area contributed by atoms with Crippen molar-refractivity contribution in [3.63, 3.8) is 0 Å². The topological polar surface area (TPSA) is 90.4 Å². The number of nitrogens with one attached hydrogen (secondary N) is 2. The molecule has 7 heteroatoms. The molecule has 1 unspecified atom stereocenters. The second-order valence-corrected chi connectivity index (χ2v) is 7.21. The highest BCUT2D eigenvalue weighted by Crippen LogP contribution is 2.24. The van der Waals surface area contributed by atoms with Gasteiger partial charge in [0, 0.05) is 31.5 Å². The number of aromatic nitrogens is 2. The average Bonchev–Trinajstić information content (AvgIpc) is 3.11. The van der Waals surface area contributed by atoms with E-state index in [2.05, 4.69) is 32.7 Å². The van der Waals surface area contributed by atoms with Crippen molar-refractivity contribution in [1.29, 1.82) is 0 Å². The SMILES string of the molecule is O=C(Nc1nccnc1C(O)NC1Cc2ccccc2C1)N1CCCCC1. The van der Waals surface area contributed by atoms with Crippen molar-refractivity contribution in [2.75, 3.05) is 18.4 Å². The van der Waals surface area contributed by atoms with Crippen LogP contribution < -0.4 is 10.6 Å². The van der Waals surface area contributed by atoms with Gasteiger partial charge in [-0.1, -0.05) is 24.3 Å². The number of aliphatic hydroxyl groups is 1. The molecule has 1 saturated heterocycles. The van der Waals surface area contributed by atoms with Gasteiger partial charge >= 0.3 is 6.03 Å². The van der Waals surface area contributed by atoms with E-state index in [-0.39, 0.29) is 12.1 Å². The Balaban J connectivity index is 1.42. The summed E-state index contributed by atoms with van der Waals surface area (Å²) in [7, 11) is 0. The number of hydrogen-bond donors (Lipinski definition) is 3. The Hall–Kier alpha value is -2.51. The van der Waals surface area contributed by atoms with Gasteiger partial charge < -0.3 is 10.0 Å². The Kier molecular flexibility index (Phi) is 5.31. The number of amides is 2. The lowest BCUT2D eigenvalue weighted by Gasteiger charge is -2.27. The van der Waals surface area contributed by atoms with E-state index in [9.17, 15) is 9.90 Å². The molecule has 0 spiro atoms. The summed E-state index contributed by atoms with van der Waals surface area (Å²) in [6.07, 6.45) is 6.99. The van der Waals surface area contributed by atoms with Gasteiger partial charge in [0.15, 0.2) is 12.0 Å². The lowest BCUT2D eigenvalue weighted by molar-refractivity contribution is 0.120. The Labute approximate surface area is 158 Å². The van der Waals surface area contributed by atoms with Crippen molar-refractivity contribution in [2.24, 2.45) is 0 Å². The maximum absolute atomic E-state index is 12.5. The molecule has 27 heavy (non-hydrogen) atoms. The van der Waals surface area contributed by atoms with Crippen LogP contribution in [0.2, 0.25) is 0 Å². The van der Waals surface area contributed by atoms with E-state index in [4.69, 9.17) is 0 Å². The molecule has 4 rings (SSSR count). The Morgan fingerprint density at radius 1 is 1.07 bits per heavy atom. The van der Waals surface area contributed by atoms with Gasteiger partial charge in [-0.2, -0.15) is 0 Å². The maximum atomic E-state index is 12.5. The molecule has 0 bridgehead atoms. The second-order valence-electron chi connectivity index (χ2n) is 7.21. The average molecular weight is 367 g/mol. The van der Waals surface area contributed by atoms with Gasteiger partial charge in [0.2, 0.25) is 0 Å². The van der Waals surface area contributed by atoms with Gasteiger partial charge in [-0.05, 0) is 43.2 Å². The maximum Gasteiger partial charge on any atom is 0.323 e. The van der Waals surface area contributed by atoms with Crippen LogP contribution in [0.1, 0.15) is 42.3 Å². The van der Waals surface area contributed by atoms with E-state index in [0.29, 0.717) is 11.5 Å². The third-order valence-corrected chi connectivity index (χ3v) is 5.30. The predicted molar refractivity (Wildman–Crippen MR) is 102 cm³/mol. The molecule has 2 aromatic rings. The summed E-state index contributed by atoms with van der Waals surface area (Å²) in [5.74, 6) is 0.309. The summed E-state index contributed by atoms with van der Waals surface area (Å²) in [6, 6.07) is 8.26. The molecule has 1 aromatic heterocycles. The van der Waals surface area contributed by atoms with Crippen LogP contribution in [-0.2, 0) is 12.8 Å². The van der Waals surface area contributed by atoms with E-state index < -0.39 is 6.23 Å². The highest BCUT2D eigenvalue weighted by atomic mass is 16.3. The minimum Gasteiger partial charge on any atom is -0.372 e. The molecule has 0 saturated carbocycles. The molecule has 1 aliphatic heterocycles. The van der Waals surface area contributed by atoms with Crippen molar-refractivity contribution < 1.29 is 9.90 Å². The summed E-state index contributed by atoms with van der Waals surface area (Å²) in [4.78, 5) is 22.8. The van der Waals surface area contributed by atoms with Crippen LogP contribution in [0.5, 0.6) is 0 Å². The first-order chi connectivity index (χ1) is 13.2. The Morgan fingerprint density at radius 2 is 1.74 bits per heavy atom. The summed E-state index contributed by atoms with van der Waals surface area (Å²) in [5.41, 5.74) is 2.96. The zero-order chi connectivity index (χ0) is 18.6. The van der Waals surface area contributed by atoms with Crippen molar-refractivity contribution >= 4 is 11.8 Å². The van der Waals surface area contributed by atoms with Crippen LogP contribution in [0.15, 0.2) is 36.7 Å². The molecule has 2 amide bonds. The number of nitrogens with zero attached hydrogens (tertiary/aromatic N) is 3. The summed E-state index contributed by atoms with van der Waals surface area (Å²) in [5, 5.41) is 16.7. The number of benzene rings is 1. The van der Waals surface area contributed by atoms with E-state index >= 15 is 0 Å². The van der Waals surface area contributed by atoms with E-state index in [1.165, 1.54) is 23.5 Å².